The second kappa shape index (κ2) is 11.3. The molecule has 0 fully saturated rings. The normalized spacial score (nSPS) is 11.2. The molecule has 43 heavy (non-hydrogen) atoms. The van der Waals surface area contributed by atoms with Crippen LogP contribution < -0.4 is 4.74 Å². The van der Waals surface area contributed by atoms with Crippen LogP contribution in [0.4, 0.5) is 0 Å². The molecule has 0 aliphatic rings. The molecule has 6 heteroatoms. The average molecular weight is 742 g/mol. The number of aromatic nitrogens is 4. The number of ether oxygens (including phenoxy) is 1. The Morgan fingerprint density at radius 3 is 2.35 bits per heavy atom. The molecule has 0 radical (unpaired) electrons. The van der Waals surface area contributed by atoms with Gasteiger partial charge in [0, 0.05) is 34.5 Å². The molecule has 0 bridgehead atoms. The minimum absolute atomic E-state index is 0. The molecule has 4 aromatic carbocycles. The maximum absolute atomic E-state index is 6.36. The summed E-state index contributed by atoms with van der Waals surface area (Å²) >= 11 is 0. The summed E-state index contributed by atoms with van der Waals surface area (Å²) in [5.41, 5.74) is 10.9. The van der Waals surface area contributed by atoms with Crippen LogP contribution in [0.2, 0.25) is 0 Å². The van der Waals surface area contributed by atoms with Crippen molar-refractivity contribution in [3.63, 3.8) is 0 Å². The van der Waals surface area contributed by atoms with Crippen LogP contribution in [0, 0.1) is 46.8 Å². The Labute approximate surface area is 266 Å². The van der Waals surface area contributed by atoms with E-state index in [1.54, 1.807) is 0 Å². The fourth-order valence-corrected chi connectivity index (χ4v) is 5.74. The number of hydrogen-bond acceptors (Lipinski definition) is 3. The van der Waals surface area contributed by atoms with Crippen LogP contribution in [0.15, 0.2) is 91.1 Å². The minimum atomic E-state index is 0. The van der Waals surface area contributed by atoms with Crippen LogP contribution >= 0.6 is 0 Å². The maximum atomic E-state index is 6.36. The van der Waals surface area contributed by atoms with Crippen LogP contribution in [-0.4, -0.2) is 19.3 Å². The quantitative estimate of drug-likeness (QED) is 0.166. The van der Waals surface area contributed by atoms with Gasteiger partial charge in [0.25, 0.3) is 0 Å². The van der Waals surface area contributed by atoms with Crippen LogP contribution in [0.25, 0.3) is 44.4 Å². The zero-order valence-electron chi connectivity index (χ0n) is 24.7. The van der Waals surface area contributed by atoms with Crippen molar-refractivity contribution in [3.05, 3.63) is 131 Å². The topological polar surface area (TPSA) is 44.9 Å². The van der Waals surface area contributed by atoms with Gasteiger partial charge < -0.3 is 9.30 Å². The van der Waals surface area contributed by atoms with Gasteiger partial charge in [-0.15, -0.1) is 35.7 Å². The van der Waals surface area contributed by atoms with Gasteiger partial charge in [0.15, 0.2) is 0 Å². The number of fused-ring (bicyclic) bond motifs is 3. The summed E-state index contributed by atoms with van der Waals surface area (Å²) in [6.45, 7) is 10.5. The number of aryl methyl sites for hydroxylation is 4. The van der Waals surface area contributed by atoms with Gasteiger partial charge in [0.05, 0.1) is 5.69 Å². The van der Waals surface area contributed by atoms with Gasteiger partial charge in [0.1, 0.15) is 5.82 Å². The second-order valence-corrected chi connectivity index (χ2v) is 10.9. The third kappa shape index (κ3) is 5.08. The number of para-hydroxylation sites is 1. The molecule has 0 N–H and O–H groups in total. The van der Waals surface area contributed by atoms with E-state index in [1.165, 1.54) is 16.7 Å². The summed E-state index contributed by atoms with van der Waals surface area (Å²) in [5, 5.41) is 7.13. The predicted molar refractivity (Wildman–Crippen MR) is 169 cm³/mol. The van der Waals surface area contributed by atoms with Crippen LogP contribution in [0.3, 0.4) is 0 Å². The van der Waals surface area contributed by atoms with Crippen molar-refractivity contribution in [2.75, 3.05) is 0 Å². The Morgan fingerprint density at radius 1 is 0.721 bits per heavy atom. The van der Waals surface area contributed by atoms with E-state index < -0.39 is 0 Å². The van der Waals surface area contributed by atoms with E-state index in [0.29, 0.717) is 11.5 Å². The Hall–Kier alpha value is -4.47. The van der Waals surface area contributed by atoms with Gasteiger partial charge in [0.2, 0.25) is 0 Å². The molecule has 0 unspecified atom stereocenters. The molecule has 0 spiro atoms. The molecule has 0 amide bonds. The summed E-state index contributed by atoms with van der Waals surface area (Å²) in [6.07, 6.45) is 1.84. The van der Waals surface area contributed by atoms with E-state index in [0.717, 1.165) is 55.8 Å². The molecule has 3 aromatic heterocycles. The van der Waals surface area contributed by atoms with Crippen LogP contribution in [0.5, 0.6) is 11.5 Å². The van der Waals surface area contributed by atoms with Crippen molar-refractivity contribution in [3.8, 4) is 34.1 Å². The zero-order chi connectivity index (χ0) is 29.0. The first-order valence-electron chi connectivity index (χ1n) is 14.1. The fraction of sp³-hybridized carbons (Fsp3) is 0.135. The number of pyridine rings is 1. The van der Waals surface area contributed by atoms with E-state index in [-0.39, 0.29) is 21.1 Å². The average Bonchev–Trinajstić information content (AvgIpc) is 3.47. The number of benzene rings is 4. The molecule has 7 rings (SSSR count). The molecule has 0 aliphatic carbocycles. The van der Waals surface area contributed by atoms with Gasteiger partial charge in [-0.2, -0.15) is 17.2 Å². The van der Waals surface area contributed by atoms with Crippen LogP contribution in [0.1, 0.15) is 28.1 Å². The molecule has 214 valence electrons. The largest absolute Gasteiger partial charge is 2.00 e. The van der Waals surface area contributed by atoms with Gasteiger partial charge in [-0.1, -0.05) is 41.9 Å². The van der Waals surface area contributed by atoms with Gasteiger partial charge in [-0.25, -0.2) is 4.98 Å². The van der Waals surface area contributed by atoms with Crippen molar-refractivity contribution in [1.82, 2.24) is 19.3 Å². The first-order chi connectivity index (χ1) is 20.4. The standard InChI is InChI=1S/C37H30N4O.Pt/c1-23-17-18-38-36(19-23)40-34-12-7-6-11-32(34)33-16-15-31(22-35(33)40)42-30-10-8-9-29(21-30)41-27(5)37(26(4)39-41)28-14-13-24(2)25(3)20-28;/h6-20H,1-5H3;/q-2;+2. The molecule has 0 aliphatic heterocycles. The third-order valence-corrected chi connectivity index (χ3v) is 7.97. The van der Waals surface area contributed by atoms with Gasteiger partial charge in [-0.05, 0) is 86.1 Å². The molecule has 0 saturated carbocycles. The summed E-state index contributed by atoms with van der Waals surface area (Å²) in [5.74, 6) is 2.06. The van der Waals surface area contributed by atoms with Gasteiger partial charge in [-0.3, -0.25) is 4.68 Å². The van der Waals surface area contributed by atoms with E-state index in [4.69, 9.17) is 9.84 Å². The van der Waals surface area contributed by atoms with Crippen molar-refractivity contribution in [2.45, 2.75) is 34.6 Å². The van der Waals surface area contributed by atoms with Crippen molar-refractivity contribution in [1.29, 1.82) is 0 Å². The minimum Gasteiger partial charge on any atom is -0.509 e. The molecular formula is C37H30N4OPt. The van der Waals surface area contributed by atoms with Crippen molar-refractivity contribution in [2.24, 2.45) is 0 Å². The Balaban J connectivity index is 0.00000329. The SMILES string of the molecule is Cc1ccnc(-n2c3[c-]c(Oc4[c-]c(-n5nc(C)c(-c6ccc(C)c(C)c6)c5C)ccc4)ccc3c3ccccc32)c1.[Pt+2]. The maximum Gasteiger partial charge on any atom is 2.00 e. The van der Waals surface area contributed by atoms with E-state index >= 15 is 0 Å². The molecule has 7 aromatic rings. The first-order valence-corrected chi connectivity index (χ1v) is 14.1. The predicted octanol–water partition coefficient (Wildman–Crippen LogP) is 8.96. The summed E-state index contributed by atoms with van der Waals surface area (Å²) < 4.78 is 10.5. The van der Waals surface area contributed by atoms with Crippen molar-refractivity contribution < 1.29 is 25.8 Å². The summed E-state index contributed by atoms with van der Waals surface area (Å²) in [4.78, 5) is 4.68. The molecule has 5 nitrogen and oxygen atoms in total. The Morgan fingerprint density at radius 2 is 1.53 bits per heavy atom. The Kier molecular flexibility index (Phi) is 7.54. The van der Waals surface area contributed by atoms with Gasteiger partial charge >= 0.3 is 21.1 Å². The number of rotatable bonds is 5. The number of hydrogen-bond donors (Lipinski definition) is 0. The molecular weight excluding hydrogens is 712 g/mol. The van der Waals surface area contributed by atoms with Crippen LogP contribution in [-0.2, 0) is 21.1 Å². The summed E-state index contributed by atoms with van der Waals surface area (Å²) in [7, 11) is 0. The summed E-state index contributed by atoms with van der Waals surface area (Å²) in [6, 6.07) is 35.9. The zero-order valence-corrected chi connectivity index (χ0v) is 26.9. The van der Waals surface area contributed by atoms with E-state index in [2.05, 4.69) is 111 Å². The Bertz CT molecular complexity index is 2140. The molecule has 3 heterocycles. The molecule has 0 atom stereocenters. The smallest absolute Gasteiger partial charge is 0.509 e. The van der Waals surface area contributed by atoms with E-state index in [9.17, 15) is 0 Å². The second-order valence-electron chi connectivity index (χ2n) is 10.9. The first kappa shape index (κ1) is 28.6. The van der Waals surface area contributed by atoms with Crippen molar-refractivity contribution >= 4 is 21.8 Å². The third-order valence-electron chi connectivity index (χ3n) is 7.97. The van der Waals surface area contributed by atoms with E-state index in [1.807, 2.05) is 41.2 Å². The fourth-order valence-electron chi connectivity index (χ4n) is 5.74. The molecule has 0 saturated heterocycles. The number of nitrogens with zero attached hydrogens (tertiary/aromatic N) is 4. The monoisotopic (exact) mass is 741 g/mol.